The van der Waals surface area contributed by atoms with E-state index in [1.165, 1.54) is 0 Å². The molecule has 1 aromatic rings. The fourth-order valence-electron chi connectivity index (χ4n) is 1.34. The van der Waals surface area contributed by atoms with Crippen molar-refractivity contribution in [2.24, 2.45) is 5.73 Å². The minimum absolute atomic E-state index is 0.124. The van der Waals surface area contributed by atoms with E-state index in [9.17, 15) is 8.42 Å². The topological polar surface area (TPSA) is 72.2 Å². The lowest BCUT2D eigenvalue weighted by Crippen LogP contribution is -2.18. The molecule has 16 heavy (non-hydrogen) atoms. The highest BCUT2D eigenvalue weighted by molar-refractivity contribution is 7.92. The molecule has 5 heteroatoms. The van der Waals surface area contributed by atoms with Crippen molar-refractivity contribution >= 4 is 15.7 Å². The second-order valence-electron chi connectivity index (χ2n) is 3.73. The van der Waals surface area contributed by atoms with Crippen molar-refractivity contribution in [3.8, 4) is 0 Å². The van der Waals surface area contributed by atoms with Crippen LogP contribution in [0, 0.1) is 6.92 Å². The lowest BCUT2D eigenvalue weighted by molar-refractivity contribution is 0.597. The van der Waals surface area contributed by atoms with Crippen molar-refractivity contribution in [3.05, 3.63) is 29.8 Å². The average molecular weight is 242 g/mol. The molecule has 0 aliphatic heterocycles. The number of sulfonamides is 1. The third-order valence-corrected chi connectivity index (χ3v) is 3.63. The van der Waals surface area contributed by atoms with Gasteiger partial charge in [0.25, 0.3) is 0 Å². The number of nitrogens with two attached hydrogens (primary N) is 1. The maximum Gasteiger partial charge on any atom is 0.232 e. The van der Waals surface area contributed by atoms with Gasteiger partial charge in [0.2, 0.25) is 10.0 Å². The van der Waals surface area contributed by atoms with Crippen LogP contribution in [0.5, 0.6) is 0 Å². The number of benzene rings is 1. The van der Waals surface area contributed by atoms with Crippen LogP contribution < -0.4 is 10.5 Å². The first kappa shape index (κ1) is 13.0. The fourth-order valence-corrected chi connectivity index (χ4v) is 2.59. The number of unbranched alkanes of at least 4 members (excludes halogenated alkanes) is 1. The fraction of sp³-hybridized carbons (Fsp3) is 0.455. The van der Waals surface area contributed by atoms with Crippen molar-refractivity contribution in [2.45, 2.75) is 19.8 Å². The van der Waals surface area contributed by atoms with Crippen molar-refractivity contribution in [2.75, 3.05) is 17.0 Å². The Balaban J connectivity index is 2.63. The lowest BCUT2D eigenvalue weighted by atomic mass is 10.2. The van der Waals surface area contributed by atoms with E-state index in [0.717, 1.165) is 12.0 Å². The number of nitrogens with one attached hydrogen (secondary N) is 1. The van der Waals surface area contributed by atoms with Gasteiger partial charge in [-0.1, -0.05) is 18.2 Å². The van der Waals surface area contributed by atoms with Crippen LogP contribution in [0.4, 0.5) is 5.69 Å². The third kappa shape index (κ3) is 4.20. The SMILES string of the molecule is Cc1ccccc1NS(=O)(=O)CCCCN. The summed E-state index contributed by atoms with van der Waals surface area (Å²) in [4.78, 5) is 0. The molecular weight excluding hydrogens is 224 g/mol. The molecule has 0 aromatic heterocycles. The van der Waals surface area contributed by atoms with Gasteiger partial charge in [0.15, 0.2) is 0 Å². The van der Waals surface area contributed by atoms with E-state index in [1.54, 1.807) is 6.07 Å². The van der Waals surface area contributed by atoms with Crippen molar-refractivity contribution in [1.82, 2.24) is 0 Å². The van der Waals surface area contributed by atoms with Gasteiger partial charge in [0, 0.05) is 0 Å². The van der Waals surface area contributed by atoms with Crippen LogP contribution in [0.15, 0.2) is 24.3 Å². The Labute approximate surface area is 96.9 Å². The van der Waals surface area contributed by atoms with E-state index in [-0.39, 0.29) is 5.75 Å². The molecule has 0 bridgehead atoms. The van der Waals surface area contributed by atoms with E-state index in [0.29, 0.717) is 18.7 Å². The Bertz CT molecular complexity index is 429. The molecule has 0 saturated carbocycles. The Morgan fingerprint density at radius 3 is 2.56 bits per heavy atom. The Hall–Kier alpha value is -1.07. The second kappa shape index (κ2) is 5.86. The zero-order valence-corrected chi connectivity index (χ0v) is 10.3. The van der Waals surface area contributed by atoms with Crippen LogP contribution in [0.1, 0.15) is 18.4 Å². The van der Waals surface area contributed by atoms with Gasteiger partial charge in [-0.25, -0.2) is 8.42 Å². The zero-order valence-electron chi connectivity index (χ0n) is 9.44. The number of anilines is 1. The molecule has 0 amide bonds. The summed E-state index contributed by atoms with van der Waals surface area (Å²) in [5.41, 5.74) is 6.89. The molecule has 0 fully saturated rings. The van der Waals surface area contributed by atoms with Crippen LogP contribution in [-0.2, 0) is 10.0 Å². The van der Waals surface area contributed by atoms with Crippen LogP contribution in [0.3, 0.4) is 0 Å². The van der Waals surface area contributed by atoms with Gasteiger partial charge in [-0.05, 0) is 37.9 Å². The minimum atomic E-state index is -3.23. The molecule has 0 heterocycles. The maximum atomic E-state index is 11.7. The molecule has 90 valence electrons. The number of hydrogen-bond acceptors (Lipinski definition) is 3. The van der Waals surface area contributed by atoms with Gasteiger partial charge in [-0.15, -0.1) is 0 Å². The molecule has 1 aromatic carbocycles. The minimum Gasteiger partial charge on any atom is -0.330 e. The van der Waals surface area contributed by atoms with Crippen LogP contribution in [-0.4, -0.2) is 20.7 Å². The van der Waals surface area contributed by atoms with Gasteiger partial charge in [-0.3, -0.25) is 4.72 Å². The van der Waals surface area contributed by atoms with E-state index in [4.69, 9.17) is 5.73 Å². The maximum absolute atomic E-state index is 11.7. The van der Waals surface area contributed by atoms with Crippen molar-refractivity contribution < 1.29 is 8.42 Å². The first-order valence-electron chi connectivity index (χ1n) is 5.31. The molecule has 0 aliphatic rings. The first-order valence-corrected chi connectivity index (χ1v) is 6.96. The summed E-state index contributed by atoms with van der Waals surface area (Å²) < 4.78 is 25.9. The molecule has 4 nitrogen and oxygen atoms in total. The number of aryl methyl sites for hydroxylation is 1. The normalized spacial score (nSPS) is 11.4. The van der Waals surface area contributed by atoms with Gasteiger partial charge >= 0.3 is 0 Å². The summed E-state index contributed by atoms with van der Waals surface area (Å²) in [6.45, 7) is 2.40. The Morgan fingerprint density at radius 2 is 1.94 bits per heavy atom. The van der Waals surface area contributed by atoms with Crippen LogP contribution >= 0.6 is 0 Å². The molecular formula is C11H18N2O2S. The van der Waals surface area contributed by atoms with Crippen molar-refractivity contribution in [1.29, 1.82) is 0 Å². The molecule has 0 unspecified atom stereocenters. The number of para-hydroxylation sites is 1. The summed E-state index contributed by atoms with van der Waals surface area (Å²) >= 11 is 0. The van der Waals surface area contributed by atoms with E-state index < -0.39 is 10.0 Å². The number of rotatable bonds is 6. The molecule has 0 saturated heterocycles. The zero-order chi connectivity index (χ0) is 12.0. The van der Waals surface area contributed by atoms with E-state index in [2.05, 4.69) is 4.72 Å². The van der Waals surface area contributed by atoms with Gasteiger partial charge < -0.3 is 5.73 Å². The molecule has 0 spiro atoms. The summed E-state index contributed by atoms with van der Waals surface area (Å²) in [6.07, 6.45) is 1.33. The first-order chi connectivity index (χ1) is 7.55. The summed E-state index contributed by atoms with van der Waals surface area (Å²) in [7, 11) is -3.23. The standard InChI is InChI=1S/C11H18N2O2S/c1-10-6-2-3-7-11(10)13-16(14,15)9-5-4-8-12/h2-3,6-7,13H,4-5,8-9,12H2,1H3. The lowest BCUT2D eigenvalue weighted by Gasteiger charge is -2.09. The Morgan fingerprint density at radius 1 is 1.25 bits per heavy atom. The molecule has 3 N–H and O–H groups in total. The summed E-state index contributed by atoms with van der Waals surface area (Å²) in [6, 6.07) is 7.32. The summed E-state index contributed by atoms with van der Waals surface area (Å²) in [5, 5.41) is 0. The number of hydrogen-bond donors (Lipinski definition) is 2. The second-order valence-corrected chi connectivity index (χ2v) is 5.57. The van der Waals surface area contributed by atoms with E-state index >= 15 is 0 Å². The Kier molecular flexibility index (Phi) is 4.76. The summed E-state index contributed by atoms with van der Waals surface area (Å²) in [5.74, 6) is 0.124. The van der Waals surface area contributed by atoms with Crippen molar-refractivity contribution in [3.63, 3.8) is 0 Å². The monoisotopic (exact) mass is 242 g/mol. The van der Waals surface area contributed by atoms with Crippen LogP contribution in [0.2, 0.25) is 0 Å². The average Bonchev–Trinajstić information content (AvgIpc) is 2.21. The van der Waals surface area contributed by atoms with E-state index in [1.807, 2.05) is 25.1 Å². The van der Waals surface area contributed by atoms with Crippen LogP contribution in [0.25, 0.3) is 0 Å². The van der Waals surface area contributed by atoms with Gasteiger partial charge in [-0.2, -0.15) is 0 Å². The molecule has 0 atom stereocenters. The quantitative estimate of drug-likeness (QED) is 0.742. The third-order valence-electron chi connectivity index (χ3n) is 2.28. The predicted octanol–water partition coefficient (Wildman–Crippen LogP) is 1.48. The smallest absolute Gasteiger partial charge is 0.232 e. The largest absolute Gasteiger partial charge is 0.330 e. The molecule has 0 aliphatic carbocycles. The predicted molar refractivity (Wildman–Crippen MR) is 66.9 cm³/mol. The highest BCUT2D eigenvalue weighted by Crippen LogP contribution is 2.15. The van der Waals surface area contributed by atoms with Gasteiger partial charge in [0.05, 0.1) is 11.4 Å². The highest BCUT2D eigenvalue weighted by Gasteiger charge is 2.10. The molecule has 0 radical (unpaired) electrons. The highest BCUT2D eigenvalue weighted by atomic mass is 32.2. The molecule has 1 rings (SSSR count). The van der Waals surface area contributed by atoms with Gasteiger partial charge in [0.1, 0.15) is 0 Å².